The Balaban J connectivity index is 1.54. The van der Waals surface area contributed by atoms with E-state index in [0.717, 1.165) is 18.4 Å². The molecule has 4 heterocycles. The van der Waals surface area contributed by atoms with Gasteiger partial charge in [0.25, 0.3) is 0 Å². The zero-order valence-electron chi connectivity index (χ0n) is 20.6. The Morgan fingerprint density at radius 2 is 2.27 bits per heavy atom. The summed E-state index contributed by atoms with van der Waals surface area (Å²) in [6.45, 7) is 2.66. The van der Waals surface area contributed by atoms with Crippen molar-refractivity contribution in [2.45, 2.75) is 31.8 Å². The molecule has 0 saturated carbocycles. The van der Waals surface area contributed by atoms with Crippen molar-refractivity contribution in [3.8, 4) is 6.07 Å². The van der Waals surface area contributed by atoms with Crippen molar-refractivity contribution in [3.63, 3.8) is 0 Å². The Bertz CT molecular complexity index is 1190. The van der Waals surface area contributed by atoms with Crippen LogP contribution in [0.4, 0.5) is 22.1 Å². The molecule has 0 radical (unpaired) electrons. The lowest BCUT2D eigenvalue weighted by atomic mass is 10.0. The first-order chi connectivity index (χ1) is 18.1. The van der Waals surface area contributed by atoms with E-state index in [1.807, 2.05) is 6.07 Å². The van der Waals surface area contributed by atoms with Crippen molar-refractivity contribution in [2.75, 3.05) is 55.6 Å². The second-order valence-electron chi connectivity index (χ2n) is 8.76. The molecule has 1 fully saturated rings. The second-order valence-corrected chi connectivity index (χ2v) is 8.76. The van der Waals surface area contributed by atoms with E-state index in [9.17, 15) is 19.6 Å². The largest absolute Gasteiger partial charge is 0.383 e. The third-order valence-electron chi connectivity index (χ3n) is 6.38. The number of hydrogen-bond acceptors (Lipinski definition) is 9. The number of ether oxygens (including phenoxy) is 2. The first-order valence-electron chi connectivity index (χ1n) is 12.1. The van der Waals surface area contributed by atoms with Crippen molar-refractivity contribution in [1.29, 1.82) is 5.26 Å². The molecule has 1 saturated heterocycles. The predicted molar refractivity (Wildman–Crippen MR) is 134 cm³/mol. The number of aromatic nitrogens is 2. The number of aldehydes is 1. The number of carbonyl (C=O) groups excluding carboxylic acids is 3. The van der Waals surface area contributed by atoms with Gasteiger partial charge in [0.05, 0.1) is 30.5 Å². The van der Waals surface area contributed by atoms with E-state index >= 15 is 0 Å². The van der Waals surface area contributed by atoms with Gasteiger partial charge in [-0.1, -0.05) is 0 Å². The molecule has 2 N–H and O–H groups in total. The number of nitrogens with zero attached hydrogens (tertiary/aromatic N) is 5. The molecule has 3 amide bonds. The second kappa shape index (κ2) is 12.2. The zero-order chi connectivity index (χ0) is 26.2. The molecular weight excluding hydrogens is 478 g/mol. The van der Waals surface area contributed by atoms with Crippen molar-refractivity contribution in [1.82, 2.24) is 14.9 Å². The molecule has 0 unspecified atom stereocenters. The van der Waals surface area contributed by atoms with Crippen LogP contribution in [0, 0.1) is 11.3 Å². The summed E-state index contributed by atoms with van der Waals surface area (Å²) in [4.78, 5) is 48.6. The van der Waals surface area contributed by atoms with E-state index in [-0.39, 0.29) is 24.1 Å². The fourth-order valence-electron chi connectivity index (χ4n) is 4.44. The first-order valence-corrected chi connectivity index (χ1v) is 12.1. The minimum Gasteiger partial charge on any atom is -0.383 e. The number of urea groups is 1. The molecular formula is C25H29N7O5. The van der Waals surface area contributed by atoms with Gasteiger partial charge in [-0.3, -0.25) is 19.8 Å². The molecule has 2 aromatic heterocycles. The Hall–Kier alpha value is -4.08. The predicted octanol–water partition coefficient (Wildman–Crippen LogP) is 1.95. The summed E-state index contributed by atoms with van der Waals surface area (Å²) < 4.78 is 10.4. The van der Waals surface area contributed by atoms with Crippen molar-refractivity contribution >= 4 is 36.1 Å². The minimum absolute atomic E-state index is 0.0379. The summed E-state index contributed by atoms with van der Waals surface area (Å²) >= 11 is 0. The highest BCUT2D eigenvalue weighted by atomic mass is 16.5. The van der Waals surface area contributed by atoms with Gasteiger partial charge in [0, 0.05) is 51.2 Å². The Labute approximate surface area is 214 Å². The zero-order valence-corrected chi connectivity index (χ0v) is 20.6. The van der Waals surface area contributed by atoms with Gasteiger partial charge in [0.2, 0.25) is 6.41 Å². The van der Waals surface area contributed by atoms with Crippen molar-refractivity contribution in [3.05, 3.63) is 40.7 Å². The monoisotopic (exact) mass is 507 g/mol. The van der Waals surface area contributed by atoms with Crippen LogP contribution in [0.3, 0.4) is 0 Å². The number of rotatable bonds is 10. The summed E-state index contributed by atoms with van der Waals surface area (Å²) in [6.07, 6.45) is 4.95. The number of hydrogen-bond donors (Lipinski definition) is 2. The van der Waals surface area contributed by atoms with Gasteiger partial charge in [0.15, 0.2) is 6.29 Å². The number of nitrogens with one attached hydrogen (secondary N) is 2. The molecule has 0 aromatic carbocycles. The highest BCUT2D eigenvalue weighted by molar-refractivity contribution is 6.01. The van der Waals surface area contributed by atoms with E-state index in [1.54, 1.807) is 18.1 Å². The highest BCUT2D eigenvalue weighted by Crippen LogP contribution is 2.29. The van der Waals surface area contributed by atoms with Crippen molar-refractivity contribution < 1.29 is 23.9 Å². The van der Waals surface area contributed by atoms with Crippen LogP contribution in [0.25, 0.3) is 0 Å². The molecule has 37 heavy (non-hydrogen) atoms. The summed E-state index contributed by atoms with van der Waals surface area (Å²) in [6, 6.07) is 5.03. The normalized spacial score (nSPS) is 16.4. The Morgan fingerprint density at radius 3 is 2.97 bits per heavy atom. The third-order valence-corrected chi connectivity index (χ3v) is 6.38. The molecule has 2 aromatic rings. The summed E-state index contributed by atoms with van der Waals surface area (Å²) in [5.41, 5.74) is 2.52. The van der Waals surface area contributed by atoms with Crippen molar-refractivity contribution in [2.24, 2.45) is 0 Å². The van der Waals surface area contributed by atoms with Gasteiger partial charge in [0.1, 0.15) is 23.4 Å². The topological polar surface area (TPSA) is 150 Å². The van der Waals surface area contributed by atoms with Crippen LogP contribution in [0.15, 0.2) is 18.3 Å². The maximum atomic E-state index is 13.2. The molecule has 4 rings (SSSR count). The summed E-state index contributed by atoms with van der Waals surface area (Å²) in [7, 11) is 1.58. The van der Waals surface area contributed by atoms with Crippen LogP contribution in [-0.2, 0) is 27.2 Å². The number of anilines is 3. The molecule has 2 aliphatic heterocycles. The van der Waals surface area contributed by atoms with Gasteiger partial charge in [-0.25, -0.2) is 14.8 Å². The molecule has 0 aliphatic carbocycles. The minimum atomic E-state index is -0.448. The van der Waals surface area contributed by atoms with Crippen LogP contribution in [0.5, 0.6) is 0 Å². The molecule has 12 heteroatoms. The quantitative estimate of drug-likeness (QED) is 0.363. The first kappa shape index (κ1) is 26.0. The molecule has 12 nitrogen and oxygen atoms in total. The maximum absolute atomic E-state index is 13.2. The van der Waals surface area contributed by atoms with Crippen LogP contribution >= 0.6 is 0 Å². The third kappa shape index (κ3) is 6.02. The average Bonchev–Trinajstić information content (AvgIpc) is 3.46. The Morgan fingerprint density at radius 1 is 1.41 bits per heavy atom. The highest BCUT2D eigenvalue weighted by Gasteiger charge is 2.28. The maximum Gasteiger partial charge on any atom is 0.328 e. The number of fused-ring (bicyclic) bond motifs is 1. The van der Waals surface area contributed by atoms with Gasteiger partial charge < -0.3 is 19.7 Å². The number of carbonyl (C=O) groups is 3. The summed E-state index contributed by atoms with van der Waals surface area (Å²) in [5, 5.41) is 15.2. The smallest absolute Gasteiger partial charge is 0.328 e. The number of amides is 3. The average molecular weight is 508 g/mol. The van der Waals surface area contributed by atoms with Gasteiger partial charge in [-0.2, -0.15) is 5.26 Å². The molecule has 1 atom stereocenters. The van der Waals surface area contributed by atoms with E-state index in [4.69, 9.17) is 9.47 Å². The standard InChI is InChI=1S/C25H29N7O5/c1-36-8-5-27-21-10-23(28-12-19(21)11-26)30-25(35)32-6-2-3-17-9-18(22(14-33)29-24(17)32)13-31(16-34)20-4-7-37-15-20/h9-10,12,14,16,20H,2-8,13,15H2,1H3,(H2,27,28,30,35)/t20-/m1/s1. The van der Waals surface area contributed by atoms with Crippen LogP contribution in [0.1, 0.15) is 40.0 Å². The number of aryl methyl sites for hydroxylation is 1. The van der Waals surface area contributed by atoms with Crippen LogP contribution in [-0.4, -0.2) is 79.7 Å². The Kier molecular flexibility index (Phi) is 8.60. The van der Waals surface area contributed by atoms with E-state index < -0.39 is 6.03 Å². The lowest BCUT2D eigenvalue weighted by molar-refractivity contribution is -0.120. The fourth-order valence-corrected chi connectivity index (χ4v) is 4.44. The number of nitriles is 1. The van der Waals surface area contributed by atoms with E-state index in [0.29, 0.717) is 74.7 Å². The van der Waals surface area contributed by atoms with Gasteiger partial charge >= 0.3 is 6.03 Å². The van der Waals surface area contributed by atoms with E-state index in [1.165, 1.54) is 11.1 Å². The summed E-state index contributed by atoms with van der Waals surface area (Å²) in [5.74, 6) is 0.673. The fraction of sp³-hybridized carbons (Fsp3) is 0.440. The van der Waals surface area contributed by atoms with Crippen LogP contribution < -0.4 is 15.5 Å². The van der Waals surface area contributed by atoms with Gasteiger partial charge in [-0.05, 0) is 30.9 Å². The van der Waals surface area contributed by atoms with Crippen LogP contribution in [0.2, 0.25) is 0 Å². The number of pyridine rings is 2. The molecule has 2 aliphatic rings. The SMILES string of the molecule is COCCNc1cc(NC(=O)N2CCCc3cc(CN(C=O)[C@@H]4CCOC4)c(C=O)nc32)ncc1C#N. The molecule has 194 valence electrons. The lowest BCUT2D eigenvalue weighted by Crippen LogP contribution is -2.40. The van der Waals surface area contributed by atoms with Gasteiger partial charge in [-0.15, -0.1) is 0 Å². The van der Waals surface area contributed by atoms with E-state index in [2.05, 4.69) is 26.7 Å². The molecule has 0 bridgehead atoms. The molecule has 0 spiro atoms. The lowest BCUT2D eigenvalue weighted by Gasteiger charge is -2.30. The number of methoxy groups -OCH3 is 1.